The minimum atomic E-state index is -0.737. The molecule has 4 heteroatoms. The predicted octanol–water partition coefficient (Wildman–Crippen LogP) is 2.83. The summed E-state index contributed by atoms with van der Waals surface area (Å²) in [6, 6.07) is 12.3. The maximum absolute atomic E-state index is 13.0. The van der Waals surface area contributed by atoms with Crippen molar-refractivity contribution in [1.29, 1.82) is 0 Å². The molecule has 106 valence electrons. The second kappa shape index (κ2) is 7.12. The number of halogens is 2. The molecule has 0 heterocycles. The van der Waals surface area contributed by atoms with E-state index in [0.29, 0.717) is 18.7 Å². The Morgan fingerprint density at radius 1 is 1.00 bits per heavy atom. The normalized spacial score (nSPS) is 12.3. The first-order valence-corrected chi connectivity index (χ1v) is 6.54. The third kappa shape index (κ3) is 4.40. The summed E-state index contributed by atoms with van der Waals surface area (Å²) in [5, 5.41) is 13.0. The minimum Gasteiger partial charge on any atom is -0.387 e. The molecule has 1 atom stereocenters. The van der Waals surface area contributed by atoms with Crippen molar-refractivity contribution in [3.05, 3.63) is 71.3 Å². The molecule has 2 rings (SSSR count). The van der Waals surface area contributed by atoms with Crippen LogP contribution in [0.25, 0.3) is 0 Å². The van der Waals surface area contributed by atoms with Crippen molar-refractivity contribution >= 4 is 0 Å². The Bertz CT molecular complexity index is 542. The lowest BCUT2D eigenvalue weighted by Gasteiger charge is -2.12. The summed E-state index contributed by atoms with van der Waals surface area (Å²) in [5.74, 6) is -0.601. The second-order valence-corrected chi connectivity index (χ2v) is 4.65. The lowest BCUT2D eigenvalue weighted by atomic mass is 10.1. The second-order valence-electron chi connectivity index (χ2n) is 4.65. The van der Waals surface area contributed by atoms with Gasteiger partial charge in [-0.05, 0) is 48.4 Å². The number of nitrogens with one attached hydrogen (secondary N) is 1. The number of benzene rings is 2. The molecule has 2 aromatic carbocycles. The van der Waals surface area contributed by atoms with Crippen molar-refractivity contribution in [2.24, 2.45) is 0 Å². The summed E-state index contributed by atoms with van der Waals surface area (Å²) in [6.07, 6.45) is 0.00907. The number of rotatable bonds is 6. The zero-order chi connectivity index (χ0) is 14.4. The lowest BCUT2D eigenvalue weighted by molar-refractivity contribution is 0.174. The molecule has 0 saturated carbocycles. The minimum absolute atomic E-state index is 0.247. The van der Waals surface area contributed by atoms with Gasteiger partial charge in [-0.2, -0.15) is 0 Å². The SMILES string of the molecule is OC(CNCCc1ccc(F)cc1)c1cccc(F)c1. The van der Waals surface area contributed by atoms with Crippen LogP contribution in [0, 0.1) is 11.6 Å². The first-order chi connectivity index (χ1) is 9.65. The van der Waals surface area contributed by atoms with Crippen molar-refractivity contribution in [3.63, 3.8) is 0 Å². The molecular formula is C16H17F2NO. The number of aliphatic hydroxyl groups is 1. The molecule has 2 N–H and O–H groups in total. The molecule has 0 aliphatic carbocycles. The van der Waals surface area contributed by atoms with Crippen molar-refractivity contribution in [2.75, 3.05) is 13.1 Å². The monoisotopic (exact) mass is 277 g/mol. The van der Waals surface area contributed by atoms with Gasteiger partial charge in [-0.1, -0.05) is 24.3 Å². The van der Waals surface area contributed by atoms with Crippen molar-refractivity contribution in [2.45, 2.75) is 12.5 Å². The zero-order valence-electron chi connectivity index (χ0n) is 11.0. The molecule has 0 fully saturated rings. The van der Waals surface area contributed by atoms with E-state index in [1.807, 2.05) is 0 Å². The first kappa shape index (κ1) is 14.6. The Morgan fingerprint density at radius 3 is 2.45 bits per heavy atom. The van der Waals surface area contributed by atoms with Gasteiger partial charge in [0.05, 0.1) is 6.10 Å². The highest BCUT2D eigenvalue weighted by Gasteiger charge is 2.07. The first-order valence-electron chi connectivity index (χ1n) is 6.54. The summed E-state index contributed by atoms with van der Waals surface area (Å²) >= 11 is 0. The van der Waals surface area contributed by atoms with Gasteiger partial charge in [-0.15, -0.1) is 0 Å². The van der Waals surface area contributed by atoms with E-state index in [1.54, 1.807) is 24.3 Å². The molecule has 0 aliphatic rings. The zero-order valence-corrected chi connectivity index (χ0v) is 11.0. The van der Waals surface area contributed by atoms with Crippen LogP contribution in [0.2, 0.25) is 0 Å². The summed E-state index contributed by atoms with van der Waals surface area (Å²) in [5.41, 5.74) is 1.58. The summed E-state index contributed by atoms with van der Waals surface area (Å²) in [6.45, 7) is 1.02. The van der Waals surface area contributed by atoms with Crippen LogP contribution in [-0.4, -0.2) is 18.2 Å². The van der Waals surface area contributed by atoms with Crippen LogP contribution >= 0.6 is 0 Å². The quantitative estimate of drug-likeness (QED) is 0.796. The topological polar surface area (TPSA) is 32.3 Å². The fraction of sp³-hybridized carbons (Fsp3) is 0.250. The van der Waals surface area contributed by atoms with E-state index in [9.17, 15) is 13.9 Å². The average molecular weight is 277 g/mol. The molecular weight excluding hydrogens is 260 g/mol. The summed E-state index contributed by atoms with van der Waals surface area (Å²) in [4.78, 5) is 0. The Morgan fingerprint density at radius 2 is 1.75 bits per heavy atom. The van der Waals surface area contributed by atoms with Crippen LogP contribution < -0.4 is 5.32 Å². The highest BCUT2D eigenvalue weighted by Crippen LogP contribution is 2.13. The number of hydrogen-bond acceptors (Lipinski definition) is 2. The van der Waals surface area contributed by atoms with Gasteiger partial charge in [0.25, 0.3) is 0 Å². The summed E-state index contributed by atoms with van der Waals surface area (Å²) in [7, 11) is 0. The van der Waals surface area contributed by atoms with Gasteiger partial charge in [0, 0.05) is 6.54 Å². The Labute approximate surface area is 117 Å². The van der Waals surface area contributed by atoms with E-state index in [-0.39, 0.29) is 11.6 Å². The third-order valence-electron chi connectivity index (χ3n) is 3.07. The Kier molecular flexibility index (Phi) is 5.21. The molecule has 20 heavy (non-hydrogen) atoms. The molecule has 0 spiro atoms. The van der Waals surface area contributed by atoms with E-state index >= 15 is 0 Å². The van der Waals surface area contributed by atoms with Crippen LogP contribution in [0.5, 0.6) is 0 Å². The Hall–Kier alpha value is -1.78. The number of hydrogen-bond donors (Lipinski definition) is 2. The largest absolute Gasteiger partial charge is 0.387 e. The van der Waals surface area contributed by atoms with Crippen LogP contribution in [0.15, 0.2) is 48.5 Å². The number of aliphatic hydroxyl groups excluding tert-OH is 1. The average Bonchev–Trinajstić information content (AvgIpc) is 2.45. The van der Waals surface area contributed by atoms with Gasteiger partial charge in [0.2, 0.25) is 0 Å². The summed E-state index contributed by atoms with van der Waals surface area (Å²) < 4.78 is 25.7. The van der Waals surface area contributed by atoms with Crippen molar-refractivity contribution in [3.8, 4) is 0 Å². The van der Waals surface area contributed by atoms with E-state index in [0.717, 1.165) is 12.0 Å². The van der Waals surface area contributed by atoms with Crippen molar-refractivity contribution in [1.82, 2.24) is 5.32 Å². The molecule has 0 saturated heterocycles. The molecule has 0 aliphatic heterocycles. The fourth-order valence-corrected chi connectivity index (χ4v) is 1.95. The standard InChI is InChI=1S/C16H17F2NO/c17-14-6-4-12(5-7-14)8-9-19-11-16(20)13-2-1-3-15(18)10-13/h1-7,10,16,19-20H,8-9,11H2. The molecule has 0 amide bonds. The molecule has 1 unspecified atom stereocenters. The van der Waals surface area contributed by atoms with Crippen molar-refractivity contribution < 1.29 is 13.9 Å². The smallest absolute Gasteiger partial charge is 0.123 e. The van der Waals surface area contributed by atoms with Gasteiger partial charge < -0.3 is 10.4 Å². The molecule has 0 aromatic heterocycles. The fourth-order valence-electron chi connectivity index (χ4n) is 1.95. The van der Waals surface area contributed by atoms with E-state index in [1.165, 1.54) is 24.3 Å². The van der Waals surface area contributed by atoms with Crippen LogP contribution in [0.4, 0.5) is 8.78 Å². The van der Waals surface area contributed by atoms with Crippen LogP contribution in [-0.2, 0) is 6.42 Å². The van der Waals surface area contributed by atoms with E-state index in [4.69, 9.17) is 0 Å². The van der Waals surface area contributed by atoms with Crippen LogP contribution in [0.1, 0.15) is 17.2 Å². The third-order valence-corrected chi connectivity index (χ3v) is 3.07. The van der Waals surface area contributed by atoms with Gasteiger partial charge in [0.15, 0.2) is 0 Å². The van der Waals surface area contributed by atoms with Gasteiger partial charge in [-0.3, -0.25) is 0 Å². The molecule has 2 nitrogen and oxygen atoms in total. The predicted molar refractivity (Wildman–Crippen MR) is 74.3 cm³/mol. The highest BCUT2D eigenvalue weighted by atomic mass is 19.1. The Balaban J connectivity index is 1.74. The van der Waals surface area contributed by atoms with Gasteiger partial charge in [-0.25, -0.2) is 8.78 Å². The van der Waals surface area contributed by atoms with Gasteiger partial charge >= 0.3 is 0 Å². The lowest BCUT2D eigenvalue weighted by Crippen LogP contribution is -2.23. The van der Waals surface area contributed by atoms with Gasteiger partial charge in [0.1, 0.15) is 11.6 Å². The van der Waals surface area contributed by atoms with E-state index in [2.05, 4.69) is 5.32 Å². The highest BCUT2D eigenvalue weighted by molar-refractivity contribution is 5.19. The van der Waals surface area contributed by atoms with E-state index < -0.39 is 6.10 Å². The molecule has 2 aromatic rings. The molecule has 0 bridgehead atoms. The van der Waals surface area contributed by atoms with Crippen LogP contribution in [0.3, 0.4) is 0 Å². The maximum Gasteiger partial charge on any atom is 0.123 e. The maximum atomic E-state index is 13.0. The molecule has 0 radical (unpaired) electrons.